The third-order valence-electron chi connectivity index (χ3n) is 7.04. The minimum absolute atomic E-state index is 0.000336. The van der Waals surface area contributed by atoms with Crippen molar-refractivity contribution in [2.45, 2.75) is 96.8 Å². The molecule has 0 aliphatic carbocycles. The van der Waals surface area contributed by atoms with E-state index in [4.69, 9.17) is 20.4 Å². The normalized spacial score (nSPS) is 14.7. The van der Waals surface area contributed by atoms with Gasteiger partial charge in [0, 0.05) is 45.5 Å². The summed E-state index contributed by atoms with van der Waals surface area (Å²) in [6, 6.07) is -0.901. The predicted molar refractivity (Wildman–Crippen MR) is 177 cm³/mol. The zero-order chi connectivity index (χ0) is 38.8. The van der Waals surface area contributed by atoms with E-state index in [2.05, 4.69) is 35.6 Å². The zero-order valence-electron chi connectivity index (χ0n) is 29.3. The number of amides is 5. The third-order valence-corrected chi connectivity index (χ3v) is 8.75. The van der Waals surface area contributed by atoms with Crippen LogP contribution in [0.2, 0.25) is 25.7 Å². The van der Waals surface area contributed by atoms with Crippen LogP contribution in [0.3, 0.4) is 0 Å². The molecule has 3 atom stereocenters. The summed E-state index contributed by atoms with van der Waals surface area (Å²) < 4.78 is 37.1. The molecular weight excluding hydrogens is 687 g/mol. The van der Waals surface area contributed by atoms with Crippen LogP contribution in [0.1, 0.15) is 52.9 Å². The van der Waals surface area contributed by atoms with Gasteiger partial charge in [0.25, 0.3) is 11.8 Å². The molecule has 0 saturated carbocycles. The smallest absolute Gasteiger partial charge is 0.475 e. The zero-order valence-corrected chi connectivity index (χ0v) is 30.3. The first-order valence-electron chi connectivity index (χ1n) is 16.1. The highest BCUT2D eigenvalue weighted by atomic mass is 28.3. The van der Waals surface area contributed by atoms with Crippen molar-refractivity contribution in [3.8, 4) is 0 Å². The summed E-state index contributed by atoms with van der Waals surface area (Å²) in [6.07, 6.45) is -1.44. The maximum atomic E-state index is 12.9. The van der Waals surface area contributed by atoms with E-state index < -0.39 is 80.3 Å². The number of carbonyl (C=O) groups is 8. The number of nitrogens with zero attached hydrogens (tertiary/aromatic N) is 1. The molecule has 19 heteroatoms. The topological polar surface area (TPSA) is 231 Å². The molecule has 0 radical (unpaired) electrons. The van der Waals surface area contributed by atoms with Gasteiger partial charge < -0.3 is 31.5 Å². The number of carboxylic acid groups (broad SMARTS) is 1. The van der Waals surface area contributed by atoms with Crippen LogP contribution in [-0.4, -0.2) is 110 Å². The maximum Gasteiger partial charge on any atom is 0.490 e. The van der Waals surface area contributed by atoms with Gasteiger partial charge in [-0.05, 0) is 37.8 Å². The van der Waals surface area contributed by atoms with Crippen LogP contribution in [0.4, 0.5) is 13.2 Å². The fourth-order valence-electron chi connectivity index (χ4n) is 4.13. The van der Waals surface area contributed by atoms with Crippen LogP contribution in [0.25, 0.3) is 0 Å². The Labute approximate surface area is 290 Å². The van der Waals surface area contributed by atoms with Crippen LogP contribution in [0.15, 0.2) is 12.2 Å². The molecule has 0 aromatic rings. The quantitative estimate of drug-likeness (QED) is 0.0517. The largest absolute Gasteiger partial charge is 0.490 e. The molecule has 1 rings (SSSR count). The third kappa shape index (κ3) is 19.2. The van der Waals surface area contributed by atoms with E-state index in [0.717, 1.165) is 23.1 Å². The van der Waals surface area contributed by atoms with Crippen LogP contribution < -0.4 is 21.7 Å². The molecule has 0 aromatic carbocycles. The van der Waals surface area contributed by atoms with E-state index in [1.165, 1.54) is 0 Å². The molecule has 15 nitrogen and oxygen atoms in total. The second-order valence-corrected chi connectivity index (χ2v) is 18.8. The second kappa shape index (κ2) is 21.8. The standard InChI is InChI=1S/C29H49N5O8Si.C2HF3O2/c1-19(2)27(33-24(37)18-34-25(38)10-11-26(34)39)22(35)17-20(3)28(40)31-14-12-23(36)32-21(9-7-8-13-30)29(41)42-15-16-43(4,5)6;3-2(4,5)1(6)7/h10-11,19-21,27H,7-9,12-18,30H2,1-6H3,(H,31,40)(H,32,36)(H,33,37);(H,6,7)/t20-,21+,27+;/m1./s1. The summed E-state index contributed by atoms with van der Waals surface area (Å²) in [4.78, 5) is 96.2. The predicted octanol–water partition coefficient (Wildman–Crippen LogP) is 1.28. The highest BCUT2D eigenvalue weighted by molar-refractivity contribution is 6.76. The average molecular weight is 738 g/mol. The Morgan fingerprint density at radius 2 is 1.52 bits per heavy atom. The lowest BCUT2D eigenvalue weighted by atomic mass is 9.93. The fraction of sp³-hybridized carbons (Fsp3) is 0.677. The number of rotatable bonds is 20. The minimum atomic E-state index is -5.08. The SMILES string of the molecule is CC(C)[C@H](NC(=O)CN1C(=O)C=CC1=O)C(=O)C[C@@H](C)C(=O)NCCC(=O)N[C@@H](CCCCN)C(=O)OCC[Si](C)(C)C.O=C(O)C(F)(F)F. The van der Waals surface area contributed by atoms with Crippen LogP contribution in [0.5, 0.6) is 0 Å². The van der Waals surface area contributed by atoms with Gasteiger partial charge in [0.1, 0.15) is 12.6 Å². The molecule has 6 N–H and O–H groups in total. The van der Waals surface area contributed by atoms with Crippen LogP contribution >= 0.6 is 0 Å². The molecule has 0 fully saturated rings. The highest BCUT2D eigenvalue weighted by Crippen LogP contribution is 2.14. The van der Waals surface area contributed by atoms with Gasteiger partial charge in [-0.3, -0.25) is 33.7 Å². The minimum Gasteiger partial charge on any atom is -0.475 e. The van der Waals surface area contributed by atoms with Gasteiger partial charge in [-0.2, -0.15) is 13.2 Å². The van der Waals surface area contributed by atoms with E-state index in [1.54, 1.807) is 20.8 Å². The van der Waals surface area contributed by atoms with Crippen molar-refractivity contribution < 1.29 is 61.4 Å². The van der Waals surface area contributed by atoms with Crippen molar-refractivity contribution >= 4 is 55.3 Å². The average Bonchev–Trinajstić information content (AvgIpc) is 3.30. The molecule has 0 aromatic heterocycles. The lowest BCUT2D eigenvalue weighted by Gasteiger charge is -2.24. The molecule has 0 bridgehead atoms. The number of nitrogens with one attached hydrogen (secondary N) is 3. The molecule has 50 heavy (non-hydrogen) atoms. The fourth-order valence-corrected chi connectivity index (χ4v) is 4.84. The number of unbranched alkanes of at least 4 members (excludes halogenated alkanes) is 1. The number of hydrogen-bond donors (Lipinski definition) is 5. The Hall–Kier alpha value is -4.13. The van der Waals surface area contributed by atoms with E-state index in [9.17, 15) is 46.7 Å². The number of carboxylic acids is 1. The lowest BCUT2D eigenvalue weighted by Crippen LogP contribution is -2.49. The first kappa shape index (κ1) is 45.9. The Bertz CT molecular complexity index is 1240. The van der Waals surface area contributed by atoms with E-state index >= 15 is 0 Å². The summed E-state index contributed by atoms with van der Waals surface area (Å²) >= 11 is 0. The number of carbonyl (C=O) groups excluding carboxylic acids is 7. The van der Waals surface area contributed by atoms with Crippen molar-refractivity contribution in [2.75, 3.05) is 26.2 Å². The van der Waals surface area contributed by atoms with Gasteiger partial charge in [-0.25, -0.2) is 9.59 Å². The Balaban J connectivity index is 0.00000308. The Morgan fingerprint density at radius 1 is 0.960 bits per heavy atom. The monoisotopic (exact) mass is 737 g/mol. The molecule has 0 spiro atoms. The lowest BCUT2D eigenvalue weighted by molar-refractivity contribution is -0.192. The molecule has 284 valence electrons. The summed E-state index contributed by atoms with van der Waals surface area (Å²) in [7, 11) is -1.39. The van der Waals surface area contributed by atoms with E-state index in [-0.39, 0.29) is 31.1 Å². The van der Waals surface area contributed by atoms with Crippen molar-refractivity contribution in [3.63, 3.8) is 0 Å². The number of hydrogen-bond acceptors (Lipinski definition) is 10. The van der Waals surface area contributed by atoms with Crippen LogP contribution in [-0.2, 0) is 43.1 Å². The number of ether oxygens (including phenoxy) is 1. The van der Waals surface area contributed by atoms with Gasteiger partial charge in [0.15, 0.2) is 5.78 Å². The van der Waals surface area contributed by atoms with Gasteiger partial charge in [-0.15, -0.1) is 0 Å². The number of imide groups is 1. The summed E-state index contributed by atoms with van der Waals surface area (Å²) in [5, 5.41) is 15.0. The number of nitrogens with two attached hydrogens (primary N) is 1. The number of esters is 1. The maximum absolute atomic E-state index is 12.9. The Kier molecular flexibility index (Phi) is 20.0. The molecule has 0 unspecified atom stereocenters. The highest BCUT2D eigenvalue weighted by Gasteiger charge is 2.38. The molecule has 1 aliphatic rings. The Morgan fingerprint density at radius 3 is 2.00 bits per heavy atom. The number of ketones is 1. The molecular formula is C31H50F3N5O10Si. The summed E-state index contributed by atoms with van der Waals surface area (Å²) in [5.74, 6) is -7.41. The van der Waals surface area contributed by atoms with Gasteiger partial charge in [0.05, 0.1) is 12.6 Å². The van der Waals surface area contributed by atoms with Crippen molar-refractivity contribution in [2.24, 2.45) is 17.6 Å². The first-order chi connectivity index (χ1) is 23.0. The molecule has 1 heterocycles. The number of Topliss-reactive ketones (excluding diaryl/α,β-unsaturated/α-hetero) is 1. The van der Waals surface area contributed by atoms with Crippen molar-refractivity contribution in [3.05, 3.63) is 12.2 Å². The number of aliphatic carboxylic acids is 1. The number of alkyl halides is 3. The number of halogens is 3. The molecule has 1 aliphatic heterocycles. The van der Waals surface area contributed by atoms with Crippen molar-refractivity contribution in [1.82, 2.24) is 20.9 Å². The summed E-state index contributed by atoms with van der Waals surface area (Å²) in [5.41, 5.74) is 5.56. The second-order valence-electron chi connectivity index (χ2n) is 13.2. The van der Waals surface area contributed by atoms with E-state index in [1.807, 2.05) is 0 Å². The molecule has 5 amide bonds. The van der Waals surface area contributed by atoms with E-state index in [0.29, 0.717) is 32.4 Å². The van der Waals surface area contributed by atoms with Gasteiger partial charge in [-0.1, -0.05) is 40.4 Å². The van der Waals surface area contributed by atoms with Gasteiger partial charge >= 0.3 is 18.1 Å². The first-order valence-corrected chi connectivity index (χ1v) is 19.8. The van der Waals surface area contributed by atoms with Crippen molar-refractivity contribution in [1.29, 1.82) is 0 Å². The molecule has 0 saturated heterocycles. The van der Waals surface area contributed by atoms with Crippen LogP contribution in [0, 0.1) is 11.8 Å². The summed E-state index contributed by atoms with van der Waals surface area (Å²) in [6.45, 7) is 11.8. The van der Waals surface area contributed by atoms with Gasteiger partial charge in [0.2, 0.25) is 17.7 Å².